The highest BCUT2D eigenvalue weighted by Gasteiger charge is 2.47. The van der Waals surface area contributed by atoms with E-state index in [0.717, 1.165) is 0 Å². The molecule has 8 heteroatoms. The molecular formula is C41H44FNO5Si. The topological polar surface area (TPSA) is 57.2 Å². The lowest BCUT2D eigenvalue weighted by atomic mass is 10.1. The van der Waals surface area contributed by atoms with Gasteiger partial charge in [0.25, 0.3) is 0 Å². The summed E-state index contributed by atoms with van der Waals surface area (Å²) in [5, 5.41) is 2.62. The van der Waals surface area contributed by atoms with E-state index in [4.69, 9.17) is 18.9 Å². The number of hydrogen-bond acceptors (Lipinski definition) is 5. The summed E-state index contributed by atoms with van der Waals surface area (Å²) < 4.78 is 39.0. The molecule has 1 amide bonds. The zero-order chi connectivity index (χ0) is 34.9. The minimum Gasteiger partial charge on any atom is -0.497 e. The van der Waals surface area contributed by atoms with Gasteiger partial charge in [0.05, 0.1) is 25.9 Å². The molecule has 0 N–H and O–H groups in total. The fourth-order valence-corrected chi connectivity index (χ4v) is 11.0. The highest BCUT2D eigenvalue weighted by molar-refractivity contribution is 7.04. The smallest absolute Gasteiger partial charge is 0.224 e. The van der Waals surface area contributed by atoms with E-state index in [1.807, 2.05) is 36.4 Å². The standard InChI is InChI=1S/C41H44FNO5Si/c1-31(44)43(38-28-33(42)21-23-40(38)48-34-15-9-6-10-16-34)29-32-27-35(45-5)22-24-39(32)47-26-25-46-30-49(41(2,3)4,36-17-11-7-12-18-36)37-19-13-8-14-20-37/h6-24,27-28H,25-26,29-30H2,1-5H3. The Hall–Kier alpha value is -4.92. The van der Waals surface area contributed by atoms with Gasteiger partial charge in [-0.1, -0.05) is 110 Å². The molecule has 5 aromatic rings. The van der Waals surface area contributed by atoms with Crippen LogP contribution >= 0.6 is 0 Å². The van der Waals surface area contributed by atoms with Crippen LogP contribution in [0.15, 0.2) is 127 Å². The molecular weight excluding hydrogens is 634 g/mol. The number of benzene rings is 5. The number of anilines is 1. The van der Waals surface area contributed by atoms with Crippen LogP contribution in [0.2, 0.25) is 5.04 Å². The van der Waals surface area contributed by atoms with Crippen LogP contribution in [0.25, 0.3) is 0 Å². The molecule has 6 nitrogen and oxygen atoms in total. The van der Waals surface area contributed by atoms with Gasteiger partial charge < -0.3 is 23.8 Å². The molecule has 0 aromatic heterocycles. The number of nitrogens with zero attached hydrogens (tertiary/aromatic N) is 1. The monoisotopic (exact) mass is 677 g/mol. The number of rotatable bonds is 14. The summed E-state index contributed by atoms with van der Waals surface area (Å²) >= 11 is 0. The van der Waals surface area contributed by atoms with E-state index < -0.39 is 13.9 Å². The number of halogens is 1. The van der Waals surface area contributed by atoms with E-state index in [-0.39, 0.29) is 17.5 Å². The quantitative estimate of drug-likeness (QED) is 0.0877. The zero-order valence-corrected chi connectivity index (χ0v) is 29.8. The molecule has 0 fully saturated rings. The molecule has 254 valence electrons. The van der Waals surface area contributed by atoms with Gasteiger partial charge in [-0.15, -0.1) is 0 Å². The highest BCUT2D eigenvalue weighted by atomic mass is 28.3. The average Bonchev–Trinajstić information content (AvgIpc) is 3.10. The molecule has 0 aliphatic heterocycles. The molecule has 0 radical (unpaired) electrons. The van der Waals surface area contributed by atoms with Crippen molar-refractivity contribution >= 4 is 30.0 Å². The zero-order valence-electron chi connectivity index (χ0n) is 28.8. The molecule has 0 aliphatic carbocycles. The predicted molar refractivity (Wildman–Crippen MR) is 197 cm³/mol. The number of ether oxygens (including phenoxy) is 4. The average molecular weight is 678 g/mol. The third-order valence-corrected chi connectivity index (χ3v) is 14.6. The first-order chi connectivity index (χ1) is 23.6. The lowest BCUT2D eigenvalue weighted by molar-refractivity contribution is -0.116. The Morgan fingerprint density at radius 3 is 1.90 bits per heavy atom. The van der Waals surface area contributed by atoms with E-state index in [1.165, 1.54) is 40.4 Å². The van der Waals surface area contributed by atoms with Crippen LogP contribution in [0.5, 0.6) is 23.0 Å². The molecule has 0 saturated heterocycles. The number of methoxy groups -OCH3 is 1. The molecule has 0 aliphatic rings. The summed E-state index contributed by atoms with van der Waals surface area (Å²) in [4.78, 5) is 14.6. The Kier molecular flexibility index (Phi) is 11.5. The van der Waals surface area contributed by atoms with Gasteiger partial charge in [0.1, 0.15) is 37.7 Å². The van der Waals surface area contributed by atoms with Gasteiger partial charge in [-0.25, -0.2) is 4.39 Å². The SMILES string of the molecule is COc1ccc(OCCOC[Si](c2ccccc2)(c2ccccc2)C(C)(C)C)c(CN(C(C)=O)c2cc(F)ccc2Oc2ccccc2)c1. The first kappa shape index (κ1) is 35.4. The van der Waals surface area contributed by atoms with Crippen molar-refractivity contribution in [3.63, 3.8) is 0 Å². The van der Waals surface area contributed by atoms with Gasteiger partial charge in [-0.2, -0.15) is 0 Å². The molecule has 0 unspecified atom stereocenters. The molecule has 0 heterocycles. The van der Waals surface area contributed by atoms with Crippen molar-refractivity contribution in [2.75, 3.05) is 31.5 Å². The minimum atomic E-state index is -2.39. The summed E-state index contributed by atoms with van der Waals surface area (Å²) in [5.74, 6) is 1.33. The van der Waals surface area contributed by atoms with Crippen molar-refractivity contribution in [2.45, 2.75) is 39.3 Å². The van der Waals surface area contributed by atoms with Crippen LogP contribution in [0.3, 0.4) is 0 Å². The maximum Gasteiger partial charge on any atom is 0.224 e. The molecule has 49 heavy (non-hydrogen) atoms. The Balaban J connectivity index is 1.36. The largest absolute Gasteiger partial charge is 0.497 e. The fraction of sp³-hybridized carbons (Fsp3) is 0.244. The van der Waals surface area contributed by atoms with Gasteiger partial charge >= 0.3 is 0 Å². The van der Waals surface area contributed by atoms with Crippen molar-refractivity contribution in [1.29, 1.82) is 0 Å². The van der Waals surface area contributed by atoms with Crippen molar-refractivity contribution in [3.8, 4) is 23.0 Å². The lowest BCUT2D eigenvalue weighted by Gasteiger charge is -2.43. The first-order valence-electron chi connectivity index (χ1n) is 16.4. The van der Waals surface area contributed by atoms with Crippen LogP contribution in [0.4, 0.5) is 10.1 Å². The van der Waals surface area contributed by atoms with Crippen LogP contribution < -0.4 is 29.5 Å². The second kappa shape index (κ2) is 16.0. The Bertz CT molecular complexity index is 1770. The summed E-state index contributed by atoms with van der Waals surface area (Å²) in [6, 6.07) is 40.2. The second-order valence-electron chi connectivity index (χ2n) is 12.9. The number of amides is 1. The Morgan fingerprint density at radius 1 is 0.735 bits per heavy atom. The predicted octanol–water partition coefficient (Wildman–Crippen LogP) is 8.18. The van der Waals surface area contributed by atoms with Gasteiger partial charge in [-0.05, 0) is 47.5 Å². The number of carbonyl (C=O) groups is 1. The van der Waals surface area contributed by atoms with E-state index in [2.05, 4.69) is 81.4 Å². The minimum absolute atomic E-state index is 0.0319. The normalized spacial score (nSPS) is 11.6. The van der Waals surface area contributed by atoms with Gasteiger partial charge in [0.15, 0.2) is 5.75 Å². The molecule has 0 atom stereocenters. The van der Waals surface area contributed by atoms with E-state index in [9.17, 15) is 9.18 Å². The van der Waals surface area contributed by atoms with Crippen LogP contribution in [0.1, 0.15) is 33.3 Å². The summed E-state index contributed by atoms with van der Waals surface area (Å²) in [6.07, 6.45) is 0.589. The third kappa shape index (κ3) is 8.39. The summed E-state index contributed by atoms with van der Waals surface area (Å²) in [5.41, 5.74) is 0.996. The van der Waals surface area contributed by atoms with Crippen molar-refractivity contribution in [3.05, 3.63) is 139 Å². The van der Waals surface area contributed by atoms with Gasteiger partial charge in [0.2, 0.25) is 5.91 Å². The summed E-state index contributed by atoms with van der Waals surface area (Å²) in [7, 11) is -0.810. The molecule has 0 spiro atoms. The Morgan fingerprint density at radius 2 is 1.33 bits per heavy atom. The van der Waals surface area contributed by atoms with Gasteiger partial charge in [0, 0.05) is 24.8 Å². The van der Waals surface area contributed by atoms with E-state index >= 15 is 0 Å². The van der Waals surface area contributed by atoms with Crippen molar-refractivity contribution < 1.29 is 28.1 Å². The van der Waals surface area contributed by atoms with Crippen molar-refractivity contribution in [1.82, 2.24) is 0 Å². The number of para-hydroxylation sites is 1. The first-order valence-corrected chi connectivity index (χ1v) is 18.6. The van der Waals surface area contributed by atoms with E-state index in [1.54, 1.807) is 19.2 Å². The van der Waals surface area contributed by atoms with Crippen LogP contribution in [-0.2, 0) is 16.1 Å². The maximum absolute atomic E-state index is 14.6. The molecule has 0 saturated carbocycles. The van der Waals surface area contributed by atoms with Crippen LogP contribution in [-0.4, -0.2) is 40.5 Å². The number of carbonyl (C=O) groups excluding carboxylic acids is 1. The molecule has 5 rings (SSSR count). The third-order valence-electron chi connectivity index (χ3n) is 8.78. The highest BCUT2D eigenvalue weighted by Crippen LogP contribution is 2.37. The molecule has 5 aromatic carbocycles. The fourth-order valence-electron chi connectivity index (χ4n) is 6.18. The van der Waals surface area contributed by atoms with Crippen molar-refractivity contribution in [2.24, 2.45) is 0 Å². The summed E-state index contributed by atoms with van der Waals surface area (Å²) in [6.45, 7) is 9.11. The Labute approximate surface area is 290 Å². The number of hydrogen-bond donors (Lipinski definition) is 0. The van der Waals surface area contributed by atoms with Crippen LogP contribution in [0, 0.1) is 5.82 Å². The van der Waals surface area contributed by atoms with E-state index in [0.29, 0.717) is 53.7 Å². The lowest BCUT2D eigenvalue weighted by Crippen LogP contribution is -2.67. The molecule has 0 bridgehead atoms. The maximum atomic E-state index is 14.6. The second-order valence-corrected chi connectivity index (χ2v) is 17.6. The van der Waals surface area contributed by atoms with Gasteiger partial charge in [-0.3, -0.25) is 4.79 Å².